The predicted molar refractivity (Wildman–Crippen MR) is 76.6 cm³/mol. The Labute approximate surface area is 120 Å². The van der Waals surface area contributed by atoms with Crippen molar-refractivity contribution in [2.24, 2.45) is 0 Å². The zero-order chi connectivity index (χ0) is 12.4. The van der Waals surface area contributed by atoms with Crippen LogP contribution in [0, 0.1) is 0 Å². The lowest BCUT2D eigenvalue weighted by atomic mass is 10.3. The van der Waals surface area contributed by atoms with Crippen LogP contribution in [0.3, 0.4) is 0 Å². The van der Waals surface area contributed by atoms with Crippen molar-refractivity contribution in [1.82, 2.24) is 9.97 Å². The average Bonchev–Trinajstić information content (AvgIpc) is 2.30. The van der Waals surface area contributed by atoms with E-state index in [1.165, 1.54) is 6.33 Å². The van der Waals surface area contributed by atoms with Gasteiger partial charge in [0, 0.05) is 4.47 Å². The quantitative estimate of drug-likeness (QED) is 0.830. The van der Waals surface area contributed by atoms with E-state index >= 15 is 0 Å². The first-order valence-electron chi connectivity index (χ1n) is 4.56. The molecular formula is C10H7Br2ClN4. The van der Waals surface area contributed by atoms with E-state index in [4.69, 9.17) is 17.3 Å². The maximum atomic E-state index is 6.06. The minimum absolute atomic E-state index is 0.369. The van der Waals surface area contributed by atoms with Gasteiger partial charge in [-0.3, -0.25) is 0 Å². The monoisotopic (exact) mass is 376 g/mol. The molecule has 0 saturated heterocycles. The molecule has 17 heavy (non-hydrogen) atoms. The maximum absolute atomic E-state index is 6.06. The molecule has 2 rings (SSSR count). The minimum atomic E-state index is 0.369. The van der Waals surface area contributed by atoms with Crippen LogP contribution in [0.2, 0.25) is 5.02 Å². The van der Waals surface area contributed by atoms with Gasteiger partial charge >= 0.3 is 0 Å². The third kappa shape index (κ3) is 2.88. The maximum Gasteiger partial charge on any atom is 0.150 e. The molecule has 2 aromatic rings. The van der Waals surface area contributed by atoms with Crippen LogP contribution in [0.25, 0.3) is 0 Å². The van der Waals surface area contributed by atoms with Crippen LogP contribution in [0.4, 0.5) is 17.3 Å². The molecule has 88 valence electrons. The van der Waals surface area contributed by atoms with Crippen LogP contribution in [0.15, 0.2) is 33.5 Å². The summed E-state index contributed by atoms with van der Waals surface area (Å²) in [6.07, 6.45) is 1.38. The Bertz CT molecular complexity index is 562. The number of nitrogens with one attached hydrogen (secondary N) is 1. The highest BCUT2D eigenvalue weighted by Gasteiger charge is 2.08. The fourth-order valence-electron chi connectivity index (χ4n) is 1.19. The normalized spacial score (nSPS) is 10.3. The van der Waals surface area contributed by atoms with Crippen molar-refractivity contribution in [1.29, 1.82) is 0 Å². The molecule has 1 heterocycles. The highest BCUT2D eigenvalue weighted by atomic mass is 79.9. The summed E-state index contributed by atoms with van der Waals surface area (Å²) in [4.78, 5) is 7.94. The second kappa shape index (κ2) is 5.20. The topological polar surface area (TPSA) is 63.8 Å². The van der Waals surface area contributed by atoms with Crippen molar-refractivity contribution in [2.45, 2.75) is 0 Å². The highest BCUT2D eigenvalue weighted by molar-refractivity contribution is 9.11. The van der Waals surface area contributed by atoms with Gasteiger partial charge in [0.1, 0.15) is 22.4 Å². The van der Waals surface area contributed by atoms with Crippen molar-refractivity contribution in [3.05, 3.63) is 38.5 Å². The van der Waals surface area contributed by atoms with Crippen LogP contribution in [-0.4, -0.2) is 9.97 Å². The molecule has 4 nitrogen and oxygen atoms in total. The molecule has 0 aliphatic carbocycles. The summed E-state index contributed by atoms with van der Waals surface area (Å²) in [7, 11) is 0. The molecule has 1 aromatic carbocycles. The van der Waals surface area contributed by atoms with Gasteiger partial charge in [0.15, 0.2) is 0 Å². The van der Waals surface area contributed by atoms with Crippen molar-refractivity contribution >= 4 is 60.8 Å². The van der Waals surface area contributed by atoms with Gasteiger partial charge in [-0.05, 0) is 34.1 Å². The zero-order valence-corrected chi connectivity index (χ0v) is 12.3. The van der Waals surface area contributed by atoms with Crippen LogP contribution in [0.5, 0.6) is 0 Å². The number of hydrogen-bond acceptors (Lipinski definition) is 4. The molecule has 3 N–H and O–H groups in total. The molecule has 1 aromatic heterocycles. The SMILES string of the molecule is Nc1ncnc(Nc2cc(Br)ccc2Cl)c1Br. The first-order valence-corrected chi connectivity index (χ1v) is 6.52. The van der Waals surface area contributed by atoms with E-state index in [0.29, 0.717) is 21.1 Å². The summed E-state index contributed by atoms with van der Waals surface area (Å²) in [5, 5.41) is 3.68. The molecule has 0 amide bonds. The molecule has 0 saturated carbocycles. The third-order valence-corrected chi connectivity index (χ3v) is 3.60. The summed E-state index contributed by atoms with van der Waals surface area (Å²) in [5.74, 6) is 0.936. The summed E-state index contributed by atoms with van der Waals surface area (Å²) in [6, 6.07) is 5.50. The van der Waals surface area contributed by atoms with Gasteiger partial charge in [0.25, 0.3) is 0 Å². The molecule has 0 aliphatic heterocycles. The van der Waals surface area contributed by atoms with E-state index in [9.17, 15) is 0 Å². The highest BCUT2D eigenvalue weighted by Crippen LogP contribution is 2.31. The van der Waals surface area contributed by atoms with Crippen molar-refractivity contribution in [3.8, 4) is 0 Å². The Morgan fingerprint density at radius 3 is 2.76 bits per heavy atom. The number of aromatic nitrogens is 2. The average molecular weight is 378 g/mol. The van der Waals surface area contributed by atoms with Crippen LogP contribution in [0.1, 0.15) is 0 Å². The zero-order valence-electron chi connectivity index (χ0n) is 8.42. The second-order valence-electron chi connectivity index (χ2n) is 3.17. The first-order chi connectivity index (χ1) is 8.08. The molecule has 0 spiro atoms. The Kier molecular flexibility index (Phi) is 3.86. The molecule has 0 fully saturated rings. The van der Waals surface area contributed by atoms with E-state index < -0.39 is 0 Å². The number of rotatable bonds is 2. The Morgan fingerprint density at radius 1 is 1.24 bits per heavy atom. The number of hydrogen-bond donors (Lipinski definition) is 2. The lowest BCUT2D eigenvalue weighted by molar-refractivity contribution is 1.16. The number of anilines is 3. The summed E-state index contributed by atoms with van der Waals surface area (Å²) in [5.41, 5.74) is 6.40. The largest absolute Gasteiger partial charge is 0.383 e. The van der Waals surface area contributed by atoms with E-state index in [2.05, 4.69) is 47.1 Å². The summed E-state index contributed by atoms with van der Waals surface area (Å²) < 4.78 is 1.53. The Hall–Kier alpha value is -0.850. The van der Waals surface area contributed by atoms with E-state index in [0.717, 1.165) is 10.2 Å². The van der Waals surface area contributed by atoms with Crippen LogP contribution >= 0.6 is 43.5 Å². The molecule has 0 bridgehead atoms. The molecule has 7 heteroatoms. The molecule has 0 aliphatic rings. The minimum Gasteiger partial charge on any atom is -0.383 e. The number of nitrogens with two attached hydrogens (primary N) is 1. The van der Waals surface area contributed by atoms with Crippen LogP contribution < -0.4 is 11.1 Å². The smallest absolute Gasteiger partial charge is 0.150 e. The molecule has 0 radical (unpaired) electrons. The lowest BCUT2D eigenvalue weighted by Crippen LogP contribution is -2.00. The van der Waals surface area contributed by atoms with Crippen molar-refractivity contribution < 1.29 is 0 Å². The molecule has 0 atom stereocenters. The van der Waals surface area contributed by atoms with Gasteiger partial charge in [-0.1, -0.05) is 27.5 Å². The van der Waals surface area contributed by atoms with Gasteiger partial charge in [0.2, 0.25) is 0 Å². The number of nitrogen functional groups attached to an aromatic ring is 1. The van der Waals surface area contributed by atoms with Gasteiger partial charge in [-0.15, -0.1) is 0 Å². The standard InChI is InChI=1S/C10H7Br2ClN4/c11-5-1-2-6(13)7(3-5)17-10-8(12)9(14)15-4-16-10/h1-4H,(H3,14,15,16,17). The van der Waals surface area contributed by atoms with E-state index in [1.807, 2.05) is 12.1 Å². The summed E-state index contributed by atoms with van der Waals surface area (Å²) in [6.45, 7) is 0. The van der Waals surface area contributed by atoms with Gasteiger partial charge in [-0.2, -0.15) is 0 Å². The fourth-order valence-corrected chi connectivity index (χ4v) is 2.02. The predicted octanol–water partition coefficient (Wildman–Crippen LogP) is 3.98. The Balaban J connectivity index is 2.38. The number of halogens is 3. The van der Waals surface area contributed by atoms with Crippen molar-refractivity contribution in [3.63, 3.8) is 0 Å². The number of nitrogens with zero attached hydrogens (tertiary/aromatic N) is 2. The first kappa shape index (κ1) is 12.6. The van der Waals surface area contributed by atoms with Gasteiger partial charge in [0.05, 0.1) is 10.7 Å². The van der Waals surface area contributed by atoms with Crippen molar-refractivity contribution in [2.75, 3.05) is 11.1 Å². The van der Waals surface area contributed by atoms with E-state index in [-0.39, 0.29) is 0 Å². The Morgan fingerprint density at radius 2 is 2.00 bits per heavy atom. The van der Waals surface area contributed by atoms with Crippen LogP contribution in [-0.2, 0) is 0 Å². The van der Waals surface area contributed by atoms with E-state index in [1.54, 1.807) is 6.07 Å². The molecule has 0 unspecified atom stereocenters. The second-order valence-corrected chi connectivity index (χ2v) is 5.29. The molecular weight excluding hydrogens is 371 g/mol. The summed E-state index contributed by atoms with van der Waals surface area (Å²) >= 11 is 12.8. The lowest BCUT2D eigenvalue weighted by Gasteiger charge is -2.10. The number of benzene rings is 1. The fraction of sp³-hybridized carbons (Fsp3) is 0. The van der Waals surface area contributed by atoms with Gasteiger partial charge in [-0.25, -0.2) is 9.97 Å². The third-order valence-electron chi connectivity index (χ3n) is 2.00. The van der Waals surface area contributed by atoms with Gasteiger partial charge < -0.3 is 11.1 Å².